The molecular formula is C5H3Cl2F5O2. The molecule has 0 heterocycles. The van der Waals surface area contributed by atoms with Gasteiger partial charge >= 0.3 is 22.4 Å². The predicted molar refractivity (Wildman–Crippen MR) is 37.5 cm³/mol. The summed E-state index contributed by atoms with van der Waals surface area (Å²) in [5, 5.41) is -10.2. The highest BCUT2D eigenvalue weighted by Gasteiger charge is 2.73. The molecule has 0 aliphatic rings. The van der Waals surface area contributed by atoms with Gasteiger partial charge in [0.25, 0.3) is 0 Å². The first-order chi connectivity index (χ1) is 5.98. The minimum absolute atomic E-state index is 0.454. The van der Waals surface area contributed by atoms with Crippen molar-refractivity contribution < 1.29 is 31.5 Å². The Hall–Kier alpha value is -0.300. The fourth-order valence-corrected chi connectivity index (χ4v) is 0.630. The normalized spacial score (nSPS) is 17.4. The van der Waals surface area contributed by atoms with Crippen LogP contribution in [0.1, 0.15) is 0 Å². The largest absolute Gasteiger partial charge is 0.464 e. The Bertz CT molecular complexity index is 237. The van der Waals surface area contributed by atoms with Crippen LogP contribution < -0.4 is 0 Å². The van der Waals surface area contributed by atoms with E-state index < -0.39 is 22.4 Å². The maximum absolute atomic E-state index is 12.6. The fraction of sp³-hybridized carbons (Fsp3) is 0.800. The molecule has 0 aromatic heterocycles. The number of rotatable bonds is 3. The molecule has 0 spiro atoms. The van der Waals surface area contributed by atoms with Gasteiger partial charge in [-0.25, -0.2) is 9.18 Å². The van der Waals surface area contributed by atoms with Crippen LogP contribution in [0.4, 0.5) is 22.0 Å². The SMILES string of the molecule is COC(=O)C(F)(F)[C@](F)(Cl)C(F)(F)Cl. The van der Waals surface area contributed by atoms with Gasteiger partial charge in [-0.2, -0.15) is 17.6 Å². The molecular weight excluding hydrogens is 258 g/mol. The molecule has 2 nitrogen and oxygen atoms in total. The quantitative estimate of drug-likeness (QED) is 0.443. The number of esters is 1. The van der Waals surface area contributed by atoms with Crippen molar-refractivity contribution in [1.29, 1.82) is 0 Å². The second-order valence-corrected chi connectivity index (χ2v) is 3.13. The minimum atomic E-state index is -5.26. The van der Waals surface area contributed by atoms with Crippen LogP contribution in [-0.2, 0) is 9.53 Å². The van der Waals surface area contributed by atoms with E-state index in [2.05, 4.69) is 27.9 Å². The van der Waals surface area contributed by atoms with Gasteiger partial charge in [0.05, 0.1) is 7.11 Å². The summed E-state index contributed by atoms with van der Waals surface area (Å²) in [6.45, 7) is 0. The Morgan fingerprint density at radius 2 is 1.50 bits per heavy atom. The van der Waals surface area contributed by atoms with Gasteiger partial charge in [-0.1, -0.05) is 11.6 Å². The number of alkyl halides is 7. The summed E-state index contributed by atoms with van der Waals surface area (Å²) in [7, 11) is 0.454. The lowest BCUT2D eigenvalue weighted by Gasteiger charge is -2.28. The first-order valence-electron chi connectivity index (χ1n) is 2.89. The molecule has 0 aromatic rings. The van der Waals surface area contributed by atoms with Crippen LogP contribution in [0, 0.1) is 0 Å². The van der Waals surface area contributed by atoms with E-state index in [-0.39, 0.29) is 0 Å². The van der Waals surface area contributed by atoms with Gasteiger partial charge in [0.1, 0.15) is 0 Å². The van der Waals surface area contributed by atoms with Gasteiger partial charge in [-0.15, -0.1) is 0 Å². The smallest absolute Gasteiger partial charge is 0.397 e. The van der Waals surface area contributed by atoms with Crippen LogP contribution in [0.3, 0.4) is 0 Å². The lowest BCUT2D eigenvalue weighted by atomic mass is 10.2. The Morgan fingerprint density at radius 3 is 1.71 bits per heavy atom. The van der Waals surface area contributed by atoms with E-state index in [0.717, 1.165) is 0 Å². The topological polar surface area (TPSA) is 26.3 Å². The number of carbonyl (C=O) groups excluding carboxylic acids is 1. The summed E-state index contributed by atoms with van der Waals surface area (Å²) in [4.78, 5) is 10.2. The van der Waals surface area contributed by atoms with Crippen molar-refractivity contribution in [2.24, 2.45) is 0 Å². The van der Waals surface area contributed by atoms with Crippen LogP contribution in [0.5, 0.6) is 0 Å². The van der Waals surface area contributed by atoms with Gasteiger partial charge in [0, 0.05) is 0 Å². The van der Waals surface area contributed by atoms with Crippen molar-refractivity contribution in [3.63, 3.8) is 0 Å². The molecule has 0 aliphatic carbocycles. The molecule has 0 unspecified atom stereocenters. The van der Waals surface area contributed by atoms with Crippen molar-refractivity contribution in [2.75, 3.05) is 7.11 Å². The molecule has 0 bridgehead atoms. The van der Waals surface area contributed by atoms with Crippen molar-refractivity contribution >= 4 is 29.2 Å². The van der Waals surface area contributed by atoms with Crippen LogP contribution in [0.25, 0.3) is 0 Å². The average molecular weight is 261 g/mol. The molecule has 0 rings (SSSR count). The van der Waals surface area contributed by atoms with Crippen molar-refractivity contribution in [3.05, 3.63) is 0 Å². The standard InChI is InChI=1S/C5H3Cl2F5O2/c1-14-2(13)3(8,9)4(6,10)5(7,11)12/h1H3/t4-/m1/s1. The van der Waals surface area contributed by atoms with Gasteiger partial charge in [-0.05, 0) is 11.6 Å². The third-order valence-electron chi connectivity index (χ3n) is 1.19. The van der Waals surface area contributed by atoms with Crippen molar-refractivity contribution in [3.8, 4) is 0 Å². The van der Waals surface area contributed by atoms with Crippen molar-refractivity contribution in [2.45, 2.75) is 16.4 Å². The highest BCUT2D eigenvalue weighted by molar-refractivity contribution is 6.34. The molecule has 9 heteroatoms. The lowest BCUT2D eigenvalue weighted by molar-refractivity contribution is -0.204. The number of hydrogen-bond donors (Lipinski definition) is 0. The maximum Gasteiger partial charge on any atom is 0.397 e. The maximum atomic E-state index is 12.6. The zero-order valence-electron chi connectivity index (χ0n) is 6.46. The zero-order chi connectivity index (χ0) is 11.8. The molecule has 14 heavy (non-hydrogen) atoms. The highest BCUT2D eigenvalue weighted by Crippen LogP contribution is 2.49. The third-order valence-corrected chi connectivity index (χ3v) is 2.02. The van der Waals surface area contributed by atoms with Gasteiger partial charge in [0.15, 0.2) is 0 Å². The van der Waals surface area contributed by atoms with E-state index >= 15 is 0 Å². The monoisotopic (exact) mass is 260 g/mol. The molecule has 0 saturated carbocycles. The van der Waals surface area contributed by atoms with Crippen LogP contribution in [0.15, 0.2) is 0 Å². The molecule has 0 saturated heterocycles. The molecule has 84 valence electrons. The second-order valence-electron chi connectivity index (χ2n) is 2.14. The summed E-state index contributed by atoms with van der Waals surface area (Å²) in [5.41, 5.74) is 0. The molecule has 0 amide bonds. The molecule has 0 aromatic carbocycles. The second kappa shape index (κ2) is 3.69. The number of carbonyl (C=O) groups is 1. The number of ether oxygens (including phenoxy) is 1. The van der Waals surface area contributed by atoms with E-state index in [4.69, 9.17) is 0 Å². The first-order valence-corrected chi connectivity index (χ1v) is 3.65. The fourth-order valence-electron chi connectivity index (χ4n) is 0.434. The first kappa shape index (κ1) is 13.7. The highest BCUT2D eigenvalue weighted by atomic mass is 35.5. The van der Waals surface area contributed by atoms with E-state index in [9.17, 15) is 26.7 Å². The van der Waals surface area contributed by atoms with E-state index in [1.807, 2.05) is 0 Å². The molecule has 0 N–H and O–H groups in total. The average Bonchev–Trinajstić information content (AvgIpc) is 2.00. The molecule has 0 fully saturated rings. The third kappa shape index (κ3) is 2.03. The predicted octanol–water partition coefficient (Wildman–Crippen LogP) is 2.53. The van der Waals surface area contributed by atoms with E-state index in [1.165, 1.54) is 0 Å². The summed E-state index contributed by atoms with van der Waals surface area (Å²) in [6.07, 6.45) is 0. The number of halogens is 7. The van der Waals surface area contributed by atoms with Crippen LogP contribution in [0.2, 0.25) is 0 Å². The van der Waals surface area contributed by atoms with Gasteiger partial charge < -0.3 is 4.74 Å². The zero-order valence-corrected chi connectivity index (χ0v) is 7.97. The summed E-state index contributed by atoms with van der Waals surface area (Å²) >= 11 is 8.16. The minimum Gasteiger partial charge on any atom is -0.464 e. The molecule has 0 radical (unpaired) electrons. The summed E-state index contributed by atoms with van der Waals surface area (Å²) in [6, 6.07) is 0. The van der Waals surface area contributed by atoms with Gasteiger partial charge in [0.2, 0.25) is 0 Å². The Balaban J connectivity index is 5.18. The number of methoxy groups -OCH3 is 1. The summed E-state index contributed by atoms with van der Waals surface area (Å²) < 4.78 is 65.3. The van der Waals surface area contributed by atoms with Gasteiger partial charge in [-0.3, -0.25) is 0 Å². The Morgan fingerprint density at radius 1 is 1.14 bits per heavy atom. The van der Waals surface area contributed by atoms with Crippen LogP contribution in [-0.4, -0.2) is 29.5 Å². The Kier molecular flexibility index (Phi) is 3.61. The lowest BCUT2D eigenvalue weighted by Crippen LogP contribution is -2.55. The molecule has 1 atom stereocenters. The number of hydrogen-bond acceptors (Lipinski definition) is 2. The van der Waals surface area contributed by atoms with E-state index in [1.54, 1.807) is 0 Å². The Labute approximate surface area is 84.9 Å². The molecule has 0 aliphatic heterocycles. The van der Waals surface area contributed by atoms with Crippen LogP contribution >= 0.6 is 23.2 Å². The summed E-state index contributed by atoms with van der Waals surface area (Å²) in [5.74, 6) is -7.80. The van der Waals surface area contributed by atoms with Crippen molar-refractivity contribution in [1.82, 2.24) is 0 Å². The van der Waals surface area contributed by atoms with E-state index in [0.29, 0.717) is 7.11 Å².